The van der Waals surface area contributed by atoms with Crippen molar-refractivity contribution in [3.63, 3.8) is 0 Å². The number of aldehydes is 1. The molecule has 4 aromatic rings. The Bertz CT molecular complexity index is 1410. The third kappa shape index (κ3) is 6.06. The number of hydrogen-bond acceptors (Lipinski definition) is 4. The van der Waals surface area contributed by atoms with Crippen LogP contribution in [0, 0.1) is 0 Å². The van der Waals surface area contributed by atoms with E-state index in [9.17, 15) is 4.79 Å². The van der Waals surface area contributed by atoms with Crippen LogP contribution in [-0.2, 0) is 13.2 Å². The third-order valence-electron chi connectivity index (χ3n) is 5.44. The van der Waals surface area contributed by atoms with E-state index in [1.807, 2.05) is 54.6 Å². The van der Waals surface area contributed by atoms with Gasteiger partial charge in [0.2, 0.25) is 0 Å². The molecule has 0 aliphatic heterocycles. The van der Waals surface area contributed by atoms with E-state index in [0.717, 1.165) is 38.8 Å². The second kappa shape index (κ2) is 12.2. The predicted octanol–water partition coefficient (Wildman–Crippen LogP) is 9.16. The Balaban J connectivity index is 1.54. The fraction of sp³-hybridized carbons (Fsp3) is 0.107. The SMILES string of the molecule is COc1ccc(OCc2cccc(-c3cccc(COc4ccc(C=O)cc4Br)c3Cl)c2Cl)c(Br)c1. The van der Waals surface area contributed by atoms with Gasteiger partial charge in [-0.2, -0.15) is 0 Å². The van der Waals surface area contributed by atoms with E-state index in [2.05, 4.69) is 31.9 Å². The van der Waals surface area contributed by atoms with Gasteiger partial charge in [0.05, 0.1) is 26.1 Å². The average Bonchev–Trinajstić information content (AvgIpc) is 2.88. The Kier molecular flexibility index (Phi) is 8.96. The van der Waals surface area contributed by atoms with Crippen LogP contribution in [0.3, 0.4) is 0 Å². The van der Waals surface area contributed by atoms with Crippen molar-refractivity contribution in [1.82, 2.24) is 0 Å². The van der Waals surface area contributed by atoms with Crippen molar-refractivity contribution in [2.45, 2.75) is 13.2 Å². The first-order valence-corrected chi connectivity index (χ1v) is 13.1. The highest BCUT2D eigenvalue weighted by atomic mass is 79.9. The molecule has 0 aromatic heterocycles. The van der Waals surface area contributed by atoms with Crippen LogP contribution >= 0.6 is 55.1 Å². The van der Waals surface area contributed by atoms with Crippen LogP contribution in [0.2, 0.25) is 10.0 Å². The lowest BCUT2D eigenvalue weighted by atomic mass is 10.0. The number of benzene rings is 4. The molecule has 0 radical (unpaired) electrons. The summed E-state index contributed by atoms with van der Waals surface area (Å²) in [5.74, 6) is 2.03. The van der Waals surface area contributed by atoms with Crippen molar-refractivity contribution in [2.75, 3.05) is 7.11 Å². The Morgan fingerprint density at radius 3 is 1.75 bits per heavy atom. The molecular weight excluding hydrogens is 631 g/mol. The van der Waals surface area contributed by atoms with Crippen LogP contribution in [0.4, 0.5) is 0 Å². The first-order valence-electron chi connectivity index (χ1n) is 10.8. The summed E-state index contributed by atoms with van der Waals surface area (Å²) in [7, 11) is 1.62. The molecular formula is C28H20Br2Cl2O4. The van der Waals surface area contributed by atoms with Crippen LogP contribution < -0.4 is 14.2 Å². The van der Waals surface area contributed by atoms with E-state index in [1.54, 1.807) is 25.3 Å². The molecule has 0 aliphatic carbocycles. The molecule has 0 atom stereocenters. The zero-order valence-corrected chi connectivity index (χ0v) is 23.7. The van der Waals surface area contributed by atoms with Gasteiger partial charge in [-0.3, -0.25) is 4.79 Å². The summed E-state index contributed by atoms with van der Waals surface area (Å²) in [6, 6.07) is 22.2. The van der Waals surface area contributed by atoms with Crippen LogP contribution in [-0.4, -0.2) is 13.4 Å². The molecule has 0 saturated heterocycles. The summed E-state index contributed by atoms with van der Waals surface area (Å²) in [5.41, 5.74) is 3.79. The molecule has 4 nitrogen and oxygen atoms in total. The summed E-state index contributed by atoms with van der Waals surface area (Å²) >= 11 is 20.5. The van der Waals surface area contributed by atoms with Gasteiger partial charge in [0, 0.05) is 27.8 Å². The van der Waals surface area contributed by atoms with Gasteiger partial charge in [0.1, 0.15) is 36.7 Å². The molecule has 0 amide bonds. The summed E-state index contributed by atoms with van der Waals surface area (Å²) in [6.45, 7) is 0.528. The molecule has 0 spiro atoms. The molecule has 0 bridgehead atoms. The van der Waals surface area contributed by atoms with Crippen molar-refractivity contribution in [2.24, 2.45) is 0 Å². The number of halogens is 4. The highest BCUT2D eigenvalue weighted by molar-refractivity contribution is 9.10. The number of ether oxygens (including phenoxy) is 3. The first kappa shape index (κ1) is 26.6. The maximum Gasteiger partial charge on any atom is 0.150 e. The number of hydrogen-bond donors (Lipinski definition) is 0. The monoisotopic (exact) mass is 648 g/mol. The van der Waals surface area contributed by atoms with E-state index in [4.69, 9.17) is 37.4 Å². The number of carbonyl (C=O) groups is 1. The molecule has 36 heavy (non-hydrogen) atoms. The lowest BCUT2D eigenvalue weighted by molar-refractivity contribution is 0.112. The maximum absolute atomic E-state index is 11.0. The topological polar surface area (TPSA) is 44.8 Å². The Labute approximate surface area is 236 Å². The van der Waals surface area contributed by atoms with E-state index >= 15 is 0 Å². The number of rotatable bonds is 9. The minimum atomic E-state index is 0.248. The van der Waals surface area contributed by atoms with Crippen LogP contribution in [0.25, 0.3) is 11.1 Å². The first-order chi connectivity index (χ1) is 17.4. The summed E-state index contributed by atoms with van der Waals surface area (Å²) in [6.07, 6.45) is 0.785. The fourth-order valence-corrected chi connectivity index (χ4v) is 5.09. The van der Waals surface area contributed by atoms with Crippen molar-refractivity contribution in [1.29, 1.82) is 0 Å². The van der Waals surface area contributed by atoms with Crippen molar-refractivity contribution in [3.8, 4) is 28.4 Å². The predicted molar refractivity (Wildman–Crippen MR) is 151 cm³/mol. The molecule has 0 aliphatic rings. The highest BCUT2D eigenvalue weighted by Gasteiger charge is 2.15. The molecule has 4 rings (SSSR count). The maximum atomic E-state index is 11.0. The van der Waals surface area contributed by atoms with E-state index in [-0.39, 0.29) is 13.2 Å². The van der Waals surface area contributed by atoms with Crippen LogP contribution in [0.15, 0.2) is 81.7 Å². The summed E-state index contributed by atoms with van der Waals surface area (Å²) < 4.78 is 18.7. The Morgan fingerprint density at radius 2 is 1.28 bits per heavy atom. The normalized spacial score (nSPS) is 10.7. The van der Waals surface area contributed by atoms with Gasteiger partial charge in [-0.05, 0) is 68.3 Å². The molecule has 4 aromatic carbocycles. The fourth-order valence-electron chi connectivity index (χ4n) is 3.54. The summed E-state index contributed by atoms with van der Waals surface area (Å²) in [4.78, 5) is 11.0. The van der Waals surface area contributed by atoms with Gasteiger partial charge in [-0.15, -0.1) is 0 Å². The van der Waals surface area contributed by atoms with Crippen molar-refractivity contribution >= 4 is 61.3 Å². The van der Waals surface area contributed by atoms with Gasteiger partial charge in [0.15, 0.2) is 0 Å². The summed E-state index contributed by atoms with van der Waals surface area (Å²) in [5, 5.41) is 1.12. The quantitative estimate of drug-likeness (QED) is 0.170. The lowest BCUT2D eigenvalue weighted by Gasteiger charge is -2.15. The molecule has 0 N–H and O–H groups in total. The van der Waals surface area contributed by atoms with Crippen molar-refractivity contribution < 1.29 is 19.0 Å². The molecule has 0 heterocycles. The van der Waals surface area contributed by atoms with E-state index in [0.29, 0.717) is 31.6 Å². The second-order valence-corrected chi connectivity index (χ2v) is 10.2. The zero-order chi connectivity index (χ0) is 25.7. The average molecular weight is 651 g/mol. The molecule has 8 heteroatoms. The van der Waals surface area contributed by atoms with Gasteiger partial charge < -0.3 is 14.2 Å². The van der Waals surface area contributed by atoms with E-state index < -0.39 is 0 Å². The molecule has 0 saturated carbocycles. The second-order valence-electron chi connectivity index (χ2n) is 7.74. The highest BCUT2D eigenvalue weighted by Crippen LogP contribution is 2.38. The van der Waals surface area contributed by atoms with Crippen LogP contribution in [0.1, 0.15) is 21.5 Å². The Morgan fingerprint density at radius 1 is 0.750 bits per heavy atom. The van der Waals surface area contributed by atoms with Crippen LogP contribution in [0.5, 0.6) is 17.2 Å². The van der Waals surface area contributed by atoms with Gasteiger partial charge in [-0.1, -0.05) is 59.6 Å². The minimum Gasteiger partial charge on any atom is -0.497 e. The standard InChI is InChI=1S/C28H20Br2Cl2O4/c1-34-20-9-11-26(24(30)13-20)36-16-19-5-3-7-22(28(19)32)21-6-2-4-18(27(21)31)15-35-25-10-8-17(14-33)12-23(25)29/h2-14H,15-16H2,1H3. The molecule has 0 fully saturated rings. The van der Waals surface area contributed by atoms with Gasteiger partial charge in [0.25, 0.3) is 0 Å². The minimum absolute atomic E-state index is 0.248. The zero-order valence-electron chi connectivity index (χ0n) is 19.1. The Hall–Kier alpha value is -2.51. The van der Waals surface area contributed by atoms with Gasteiger partial charge >= 0.3 is 0 Å². The van der Waals surface area contributed by atoms with Crippen molar-refractivity contribution in [3.05, 3.63) is 108 Å². The molecule has 184 valence electrons. The van der Waals surface area contributed by atoms with E-state index in [1.165, 1.54) is 0 Å². The number of methoxy groups -OCH3 is 1. The van der Waals surface area contributed by atoms with Gasteiger partial charge in [-0.25, -0.2) is 0 Å². The number of carbonyl (C=O) groups excluding carboxylic acids is 1. The lowest BCUT2D eigenvalue weighted by Crippen LogP contribution is -2.00. The largest absolute Gasteiger partial charge is 0.497 e. The molecule has 0 unspecified atom stereocenters. The third-order valence-corrected chi connectivity index (χ3v) is 7.58. The smallest absolute Gasteiger partial charge is 0.150 e.